The van der Waals surface area contributed by atoms with Crippen molar-refractivity contribution in [3.05, 3.63) is 72.5 Å². The molecule has 20 heavy (non-hydrogen) atoms. The van der Waals surface area contributed by atoms with E-state index < -0.39 is 0 Å². The van der Waals surface area contributed by atoms with Gasteiger partial charge in [0.05, 0.1) is 6.26 Å². The van der Waals surface area contributed by atoms with E-state index in [9.17, 15) is 0 Å². The fourth-order valence-corrected chi connectivity index (χ4v) is 2.30. The zero-order valence-corrected chi connectivity index (χ0v) is 11.8. The van der Waals surface area contributed by atoms with Gasteiger partial charge < -0.3 is 4.42 Å². The van der Waals surface area contributed by atoms with Crippen LogP contribution in [0.3, 0.4) is 0 Å². The molecular weight excluding hydrogens is 244 g/mol. The Labute approximate surface area is 119 Å². The molecule has 0 fully saturated rings. The van der Waals surface area contributed by atoms with Gasteiger partial charge in [0, 0.05) is 11.1 Å². The lowest BCUT2D eigenvalue weighted by Gasteiger charge is -2.05. The van der Waals surface area contributed by atoms with Crippen LogP contribution in [-0.2, 0) is 0 Å². The van der Waals surface area contributed by atoms with Gasteiger partial charge >= 0.3 is 0 Å². The van der Waals surface area contributed by atoms with Crippen LogP contribution in [0.5, 0.6) is 0 Å². The molecule has 1 heteroatoms. The Bertz CT molecular complexity index is 675. The van der Waals surface area contributed by atoms with Gasteiger partial charge in [0.1, 0.15) is 5.76 Å². The quantitative estimate of drug-likeness (QED) is 0.587. The fraction of sp³-hybridized carbons (Fsp3) is 0.158. The van der Waals surface area contributed by atoms with Gasteiger partial charge in [-0.3, -0.25) is 0 Å². The molecule has 3 aromatic rings. The third-order valence-corrected chi connectivity index (χ3v) is 3.57. The molecule has 0 aliphatic carbocycles. The van der Waals surface area contributed by atoms with Gasteiger partial charge in [0.25, 0.3) is 0 Å². The zero-order chi connectivity index (χ0) is 13.9. The third-order valence-electron chi connectivity index (χ3n) is 3.57. The minimum absolute atomic E-state index is 0.563. The van der Waals surface area contributed by atoms with Gasteiger partial charge in [0.2, 0.25) is 0 Å². The summed E-state index contributed by atoms with van der Waals surface area (Å²) in [7, 11) is 0. The van der Waals surface area contributed by atoms with Crippen molar-refractivity contribution < 1.29 is 4.42 Å². The monoisotopic (exact) mass is 262 g/mol. The summed E-state index contributed by atoms with van der Waals surface area (Å²) in [5, 5.41) is 0. The van der Waals surface area contributed by atoms with Crippen LogP contribution in [-0.4, -0.2) is 0 Å². The summed E-state index contributed by atoms with van der Waals surface area (Å²) in [5.41, 5.74) is 4.79. The van der Waals surface area contributed by atoms with E-state index in [1.165, 1.54) is 11.1 Å². The standard InChI is InChI=1S/C19H18O/c1-14(2)15-8-10-16(11-9-15)18-12-19(20-13-18)17-6-4-3-5-7-17/h3-14H,1-2H3. The minimum Gasteiger partial charge on any atom is -0.464 e. The highest BCUT2D eigenvalue weighted by Gasteiger charge is 2.06. The van der Waals surface area contributed by atoms with Crippen molar-refractivity contribution in [3.63, 3.8) is 0 Å². The summed E-state index contributed by atoms with van der Waals surface area (Å²) >= 11 is 0. The summed E-state index contributed by atoms with van der Waals surface area (Å²) < 4.78 is 5.68. The lowest BCUT2D eigenvalue weighted by molar-refractivity contribution is 0.583. The lowest BCUT2D eigenvalue weighted by Crippen LogP contribution is -1.85. The van der Waals surface area contributed by atoms with Crippen LogP contribution in [0.15, 0.2) is 71.3 Å². The molecule has 0 atom stereocenters. The molecule has 2 aromatic carbocycles. The van der Waals surface area contributed by atoms with E-state index in [0.717, 1.165) is 16.9 Å². The van der Waals surface area contributed by atoms with Crippen molar-refractivity contribution in [1.82, 2.24) is 0 Å². The Hall–Kier alpha value is -2.28. The molecule has 1 nitrogen and oxygen atoms in total. The van der Waals surface area contributed by atoms with E-state index in [2.05, 4.69) is 56.3 Å². The number of rotatable bonds is 3. The van der Waals surface area contributed by atoms with Gasteiger partial charge in [-0.05, 0) is 23.1 Å². The molecular formula is C19H18O. The molecule has 1 aromatic heterocycles. The van der Waals surface area contributed by atoms with E-state index in [0.29, 0.717) is 5.92 Å². The van der Waals surface area contributed by atoms with Crippen molar-refractivity contribution in [2.75, 3.05) is 0 Å². The molecule has 3 rings (SSSR count). The summed E-state index contributed by atoms with van der Waals surface area (Å²) in [4.78, 5) is 0. The Kier molecular flexibility index (Phi) is 3.42. The molecule has 1 heterocycles. The number of hydrogen-bond donors (Lipinski definition) is 0. The predicted octanol–water partition coefficient (Wildman–Crippen LogP) is 5.74. The first-order valence-electron chi connectivity index (χ1n) is 6.98. The largest absolute Gasteiger partial charge is 0.464 e. The summed E-state index contributed by atoms with van der Waals surface area (Å²) in [6.45, 7) is 4.42. The molecule has 0 aliphatic rings. The van der Waals surface area contributed by atoms with E-state index >= 15 is 0 Å². The molecule has 0 amide bonds. The SMILES string of the molecule is CC(C)c1ccc(-c2coc(-c3ccccc3)c2)cc1. The molecule has 0 radical (unpaired) electrons. The van der Waals surface area contributed by atoms with Crippen molar-refractivity contribution in [2.24, 2.45) is 0 Å². The van der Waals surface area contributed by atoms with Crippen LogP contribution in [0, 0.1) is 0 Å². The van der Waals surface area contributed by atoms with Crippen molar-refractivity contribution in [2.45, 2.75) is 19.8 Å². The Balaban J connectivity index is 1.90. The third kappa shape index (κ3) is 2.53. The summed E-state index contributed by atoms with van der Waals surface area (Å²) in [6.07, 6.45) is 1.83. The molecule has 0 aliphatic heterocycles. The maximum atomic E-state index is 5.68. The number of benzene rings is 2. The van der Waals surface area contributed by atoms with Crippen LogP contribution < -0.4 is 0 Å². The maximum absolute atomic E-state index is 5.68. The van der Waals surface area contributed by atoms with Crippen LogP contribution in [0.4, 0.5) is 0 Å². The van der Waals surface area contributed by atoms with Gasteiger partial charge in [-0.15, -0.1) is 0 Å². The highest BCUT2D eigenvalue weighted by atomic mass is 16.3. The van der Waals surface area contributed by atoms with Gasteiger partial charge in [0.15, 0.2) is 0 Å². The highest BCUT2D eigenvalue weighted by molar-refractivity contribution is 5.69. The molecule has 0 bridgehead atoms. The van der Waals surface area contributed by atoms with Gasteiger partial charge in [-0.2, -0.15) is 0 Å². The maximum Gasteiger partial charge on any atom is 0.134 e. The van der Waals surface area contributed by atoms with Crippen LogP contribution in [0.2, 0.25) is 0 Å². The molecule has 0 spiro atoms. The second kappa shape index (κ2) is 5.38. The number of hydrogen-bond acceptors (Lipinski definition) is 1. The summed E-state index contributed by atoms with van der Waals surface area (Å²) in [5.74, 6) is 1.47. The molecule has 100 valence electrons. The molecule has 0 saturated heterocycles. The van der Waals surface area contributed by atoms with Gasteiger partial charge in [-0.1, -0.05) is 68.4 Å². The minimum atomic E-state index is 0.563. The van der Waals surface area contributed by atoms with Crippen molar-refractivity contribution >= 4 is 0 Å². The fourth-order valence-electron chi connectivity index (χ4n) is 2.30. The van der Waals surface area contributed by atoms with Crippen molar-refractivity contribution in [3.8, 4) is 22.5 Å². The van der Waals surface area contributed by atoms with Gasteiger partial charge in [-0.25, -0.2) is 0 Å². The molecule has 0 saturated carbocycles. The topological polar surface area (TPSA) is 13.1 Å². The second-order valence-electron chi connectivity index (χ2n) is 5.34. The van der Waals surface area contributed by atoms with E-state index in [-0.39, 0.29) is 0 Å². The average Bonchev–Trinajstić information content (AvgIpc) is 2.98. The Morgan fingerprint density at radius 3 is 2.10 bits per heavy atom. The van der Waals surface area contributed by atoms with E-state index in [4.69, 9.17) is 4.42 Å². The smallest absolute Gasteiger partial charge is 0.134 e. The first kappa shape index (κ1) is 12.7. The van der Waals surface area contributed by atoms with Crippen LogP contribution in [0.25, 0.3) is 22.5 Å². The van der Waals surface area contributed by atoms with Crippen LogP contribution >= 0.6 is 0 Å². The molecule has 0 unspecified atom stereocenters. The second-order valence-corrected chi connectivity index (χ2v) is 5.34. The Morgan fingerprint density at radius 2 is 1.45 bits per heavy atom. The predicted molar refractivity (Wildman–Crippen MR) is 83.7 cm³/mol. The normalized spacial score (nSPS) is 10.9. The average molecular weight is 262 g/mol. The van der Waals surface area contributed by atoms with Crippen LogP contribution in [0.1, 0.15) is 25.3 Å². The Morgan fingerprint density at radius 1 is 0.750 bits per heavy atom. The first-order chi connectivity index (χ1) is 9.74. The first-order valence-corrected chi connectivity index (χ1v) is 6.98. The van der Waals surface area contributed by atoms with Crippen molar-refractivity contribution in [1.29, 1.82) is 0 Å². The number of furan rings is 1. The van der Waals surface area contributed by atoms with E-state index in [1.54, 1.807) is 0 Å². The lowest BCUT2D eigenvalue weighted by atomic mass is 10.00. The molecule has 0 N–H and O–H groups in total. The summed E-state index contributed by atoms with van der Waals surface area (Å²) in [6, 6.07) is 21.0. The zero-order valence-electron chi connectivity index (χ0n) is 11.8. The highest BCUT2D eigenvalue weighted by Crippen LogP contribution is 2.29. The van der Waals surface area contributed by atoms with E-state index in [1.807, 2.05) is 24.5 Å².